The van der Waals surface area contributed by atoms with E-state index in [1.165, 1.54) is 23.6 Å². The number of hydrogen-bond donors (Lipinski definition) is 2. The number of amides is 1. The number of fused-ring (bicyclic) bond motifs is 2. The zero-order chi connectivity index (χ0) is 17.2. The number of aromatic amines is 1. The molecule has 4 rings (SSSR count). The number of pyridine rings is 1. The van der Waals surface area contributed by atoms with Crippen LogP contribution in [0.2, 0.25) is 0 Å². The Labute approximate surface area is 146 Å². The minimum atomic E-state index is -0.135. The van der Waals surface area contributed by atoms with Crippen molar-refractivity contribution in [2.75, 3.05) is 6.61 Å². The Hall–Kier alpha value is -2.56. The molecule has 25 heavy (non-hydrogen) atoms. The average molecular weight is 338 g/mol. The summed E-state index contributed by atoms with van der Waals surface area (Å²) in [6.45, 7) is 0.00791. The van der Waals surface area contributed by atoms with Crippen molar-refractivity contribution in [3.05, 3.63) is 63.1 Å². The van der Waals surface area contributed by atoms with Gasteiger partial charge in [0, 0.05) is 11.8 Å². The molecule has 0 saturated heterocycles. The van der Waals surface area contributed by atoms with Gasteiger partial charge in [-0.3, -0.25) is 9.59 Å². The molecule has 2 aromatic rings. The first-order valence-corrected chi connectivity index (χ1v) is 8.95. The first-order chi connectivity index (χ1) is 12.2. The molecule has 1 atom stereocenters. The van der Waals surface area contributed by atoms with E-state index in [-0.39, 0.29) is 24.1 Å². The van der Waals surface area contributed by atoms with Gasteiger partial charge in [-0.1, -0.05) is 6.07 Å². The van der Waals surface area contributed by atoms with Crippen molar-refractivity contribution >= 4 is 5.91 Å². The molecule has 1 aromatic heterocycles. The smallest absolute Gasteiger partial charge is 0.258 e. The lowest BCUT2D eigenvalue weighted by atomic mass is 9.91. The van der Waals surface area contributed by atoms with Crippen LogP contribution in [0.15, 0.2) is 35.1 Å². The molecule has 0 unspecified atom stereocenters. The summed E-state index contributed by atoms with van der Waals surface area (Å²) in [5, 5.41) is 3.03. The van der Waals surface area contributed by atoms with Crippen molar-refractivity contribution in [2.24, 2.45) is 0 Å². The third-order valence-corrected chi connectivity index (χ3v) is 5.11. The summed E-state index contributed by atoms with van der Waals surface area (Å²) in [5.74, 6) is 0.619. The molecular weight excluding hydrogens is 316 g/mol. The summed E-state index contributed by atoms with van der Waals surface area (Å²) >= 11 is 0. The van der Waals surface area contributed by atoms with E-state index in [0.717, 1.165) is 49.1 Å². The molecule has 5 nitrogen and oxygen atoms in total. The first-order valence-electron chi connectivity index (χ1n) is 8.95. The zero-order valence-electron chi connectivity index (χ0n) is 14.1. The minimum absolute atomic E-state index is 0.00791. The second kappa shape index (κ2) is 6.75. The van der Waals surface area contributed by atoms with Gasteiger partial charge in [-0.05, 0) is 73.4 Å². The van der Waals surface area contributed by atoms with Crippen molar-refractivity contribution in [3.8, 4) is 5.75 Å². The van der Waals surface area contributed by atoms with E-state index in [1.807, 2.05) is 12.1 Å². The van der Waals surface area contributed by atoms with Crippen LogP contribution in [0.4, 0.5) is 0 Å². The predicted octanol–water partition coefficient (Wildman–Crippen LogP) is 2.44. The molecule has 5 heteroatoms. The van der Waals surface area contributed by atoms with Crippen LogP contribution in [0.3, 0.4) is 0 Å². The summed E-state index contributed by atoms with van der Waals surface area (Å²) in [5.41, 5.74) is 4.58. The highest BCUT2D eigenvalue weighted by Crippen LogP contribution is 2.28. The Kier molecular flexibility index (Phi) is 4.30. The van der Waals surface area contributed by atoms with Gasteiger partial charge in [-0.25, -0.2) is 0 Å². The molecule has 0 aliphatic heterocycles. The van der Waals surface area contributed by atoms with Crippen molar-refractivity contribution in [2.45, 2.75) is 44.6 Å². The first kappa shape index (κ1) is 15.9. The maximum atomic E-state index is 12.3. The molecule has 0 bridgehead atoms. The molecule has 1 aromatic carbocycles. The highest BCUT2D eigenvalue weighted by molar-refractivity contribution is 5.78. The second-order valence-corrected chi connectivity index (χ2v) is 6.84. The number of ether oxygens (including phenoxy) is 1. The van der Waals surface area contributed by atoms with E-state index in [1.54, 1.807) is 0 Å². The van der Waals surface area contributed by atoms with E-state index >= 15 is 0 Å². The van der Waals surface area contributed by atoms with Gasteiger partial charge < -0.3 is 15.0 Å². The topological polar surface area (TPSA) is 71.2 Å². The molecular formula is C20H22N2O3. The number of hydrogen-bond acceptors (Lipinski definition) is 3. The molecule has 2 N–H and O–H groups in total. The van der Waals surface area contributed by atoms with Crippen LogP contribution >= 0.6 is 0 Å². The fraction of sp³-hybridized carbons (Fsp3) is 0.400. The van der Waals surface area contributed by atoms with E-state index in [2.05, 4.69) is 22.4 Å². The number of H-pyrrole nitrogens is 1. The summed E-state index contributed by atoms with van der Waals surface area (Å²) in [6, 6.07) is 9.37. The van der Waals surface area contributed by atoms with Crippen LogP contribution in [-0.4, -0.2) is 17.5 Å². The van der Waals surface area contributed by atoms with Gasteiger partial charge >= 0.3 is 0 Å². The Morgan fingerprint density at radius 3 is 2.92 bits per heavy atom. The van der Waals surface area contributed by atoms with E-state index in [4.69, 9.17) is 4.74 Å². The number of aryl methyl sites for hydroxylation is 3. The Bertz CT molecular complexity index is 856. The summed E-state index contributed by atoms with van der Waals surface area (Å²) in [7, 11) is 0. The minimum Gasteiger partial charge on any atom is -0.484 e. The standard InChI is InChI=1S/C20H22N2O3/c23-19-10-9-16-17(21-19)5-2-6-18(16)22-20(24)12-25-15-8-7-13-3-1-4-14(13)11-15/h7-11,18H,1-6,12H2,(H,21,23)(H,22,24)/t18-/m0/s1. The van der Waals surface area contributed by atoms with E-state index in [9.17, 15) is 9.59 Å². The van der Waals surface area contributed by atoms with Crippen molar-refractivity contribution in [3.63, 3.8) is 0 Å². The quantitative estimate of drug-likeness (QED) is 0.899. The van der Waals surface area contributed by atoms with Crippen LogP contribution < -0.4 is 15.6 Å². The van der Waals surface area contributed by atoms with Crippen LogP contribution in [0.1, 0.15) is 47.7 Å². The lowest BCUT2D eigenvalue weighted by Gasteiger charge is -2.25. The summed E-state index contributed by atoms with van der Waals surface area (Å²) in [6.07, 6.45) is 6.11. The van der Waals surface area contributed by atoms with Gasteiger partial charge in [0.05, 0.1) is 6.04 Å². The Morgan fingerprint density at radius 1 is 1.12 bits per heavy atom. The number of carbonyl (C=O) groups is 1. The van der Waals surface area contributed by atoms with Crippen LogP contribution in [0.25, 0.3) is 0 Å². The molecule has 0 spiro atoms. The predicted molar refractivity (Wildman–Crippen MR) is 94.8 cm³/mol. The monoisotopic (exact) mass is 338 g/mol. The highest BCUT2D eigenvalue weighted by atomic mass is 16.5. The van der Waals surface area contributed by atoms with Gasteiger partial charge in [-0.15, -0.1) is 0 Å². The van der Waals surface area contributed by atoms with Crippen molar-refractivity contribution in [1.82, 2.24) is 10.3 Å². The third kappa shape index (κ3) is 3.45. The van der Waals surface area contributed by atoms with Crippen molar-refractivity contribution in [1.29, 1.82) is 0 Å². The Morgan fingerprint density at radius 2 is 2.00 bits per heavy atom. The van der Waals surface area contributed by atoms with Crippen LogP contribution in [-0.2, 0) is 24.1 Å². The van der Waals surface area contributed by atoms with Crippen molar-refractivity contribution < 1.29 is 9.53 Å². The molecule has 1 heterocycles. The Balaban J connectivity index is 1.38. The SMILES string of the molecule is O=C(COc1ccc2c(c1)CCC2)N[C@H]1CCCc2[nH]c(=O)ccc21. The van der Waals surface area contributed by atoms with Gasteiger partial charge in [0.15, 0.2) is 6.61 Å². The molecule has 130 valence electrons. The molecule has 0 saturated carbocycles. The van der Waals surface area contributed by atoms with Crippen LogP contribution in [0, 0.1) is 0 Å². The largest absolute Gasteiger partial charge is 0.484 e. The fourth-order valence-corrected chi connectivity index (χ4v) is 3.87. The lowest BCUT2D eigenvalue weighted by Crippen LogP contribution is -2.35. The molecule has 0 fully saturated rings. The lowest BCUT2D eigenvalue weighted by molar-refractivity contribution is -0.124. The third-order valence-electron chi connectivity index (χ3n) is 5.11. The molecule has 2 aliphatic rings. The number of carbonyl (C=O) groups excluding carboxylic acids is 1. The molecule has 1 amide bonds. The number of aromatic nitrogens is 1. The van der Waals surface area contributed by atoms with Gasteiger partial charge in [0.1, 0.15) is 5.75 Å². The van der Waals surface area contributed by atoms with Gasteiger partial charge in [0.2, 0.25) is 5.56 Å². The van der Waals surface area contributed by atoms with Crippen LogP contribution in [0.5, 0.6) is 5.75 Å². The number of benzene rings is 1. The fourth-order valence-electron chi connectivity index (χ4n) is 3.87. The van der Waals surface area contributed by atoms with Gasteiger partial charge in [0.25, 0.3) is 5.91 Å². The number of nitrogens with one attached hydrogen (secondary N) is 2. The average Bonchev–Trinajstić information content (AvgIpc) is 3.07. The second-order valence-electron chi connectivity index (χ2n) is 6.84. The molecule has 2 aliphatic carbocycles. The zero-order valence-corrected chi connectivity index (χ0v) is 14.1. The maximum Gasteiger partial charge on any atom is 0.258 e. The molecule has 0 radical (unpaired) electrons. The normalized spacial score (nSPS) is 18.3. The summed E-state index contributed by atoms with van der Waals surface area (Å²) < 4.78 is 5.67. The number of rotatable bonds is 4. The van der Waals surface area contributed by atoms with E-state index in [0.29, 0.717) is 0 Å². The van der Waals surface area contributed by atoms with Gasteiger partial charge in [-0.2, -0.15) is 0 Å². The maximum absolute atomic E-state index is 12.3. The van der Waals surface area contributed by atoms with E-state index < -0.39 is 0 Å². The highest BCUT2D eigenvalue weighted by Gasteiger charge is 2.22. The summed E-state index contributed by atoms with van der Waals surface area (Å²) in [4.78, 5) is 26.6.